The average Bonchev–Trinajstić information content (AvgIpc) is 2.66. The van der Waals surface area contributed by atoms with Gasteiger partial charge in [0, 0.05) is 19.5 Å². The Hall–Kier alpha value is -0.570. The summed E-state index contributed by atoms with van der Waals surface area (Å²) in [6, 6.07) is 0. The van der Waals surface area contributed by atoms with Crippen LogP contribution in [-0.2, 0) is 4.79 Å². The minimum atomic E-state index is 0.328. The van der Waals surface area contributed by atoms with Gasteiger partial charge < -0.3 is 10.6 Å². The van der Waals surface area contributed by atoms with E-state index in [1.807, 2.05) is 4.90 Å². The van der Waals surface area contributed by atoms with E-state index in [2.05, 4.69) is 6.92 Å². The van der Waals surface area contributed by atoms with Crippen LogP contribution in [0.1, 0.15) is 39.0 Å². The van der Waals surface area contributed by atoms with Crippen molar-refractivity contribution >= 4 is 5.91 Å². The van der Waals surface area contributed by atoms with E-state index >= 15 is 0 Å². The van der Waals surface area contributed by atoms with Gasteiger partial charge in [-0.1, -0.05) is 19.8 Å². The van der Waals surface area contributed by atoms with E-state index in [-0.39, 0.29) is 0 Å². The molecule has 1 fully saturated rings. The fourth-order valence-corrected chi connectivity index (χ4v) is 1.94. The first-order valence-corrected chi connectivity index (χ1v) is 5.75. The summed E-state index contributed by atoms with van der Waals surface area (Å²) in [6.07, 6.45) is 5.21. The summed E-state index contributed by atoms with van der Waals surface area (Å²) in [5.74, 6) is 0.875. The Balaban J connectivity index is 2.18. The van der Waals surface area contributed by atoms with Crippen molar-refractivity contribution in [3.63, 3.8) is 0 Å². The van der Waals surface area contributed by atoms with Gasteiger partial charge in [0.1, 0.15) is 0 Å². The first-order chi connectivity index (χ1) is 6.77. The number of carbonyl (C=O) groups excluding carboxylic acids is 1. The number of carbonyl (C=O) groups is 1. The molecule has 14 heavy (non-hydrogen) atoms. The highest BCUT2D eigenvalue weighted by atomic mass is 16.2. The maximum atomic E-state index is 11.7. The topological polar surface area (TPSA) is 46.3 Å². The van der Waals surface area contributed by atoms with Crippen LogP contribution in [0.25, 0.3) is 0 Å². The summed E-state index contributed by atoms with van der Waals surface area (Å²) in [7, 11) is 0. The van der Waals surface area contributed by atoms with E-state index in [9.17, 15) is 4.79 Å². The third kappa shape index (κ3) is 3.29. The molecule has 0 bridgehead atoms. The van der Waals surface area contributed by atoms with Crippen LogP contribution in [0.15, 0.2) is 0 Å². The molecule has 3 nitrogen and oxygen atoms in total. The molecule has 2 N–H and O–H groups in total. The normalized spacial score (nSPS) is 21.6. The van der Waals surface area contributed by atoms with Gasteiger partial charge in [-0.2, -0.15) is 0 Å². The molecule has 0 aliphatic carbocycles. The maximum absolute atomic E-state index is 11.7. The second kappa shape index (κ2) is 6.02. The van der Waals surface area contributed by atoms with Crippen molar-refractivity contribution in [3.8, 4) is 0 Å². The molecular weight excluding hydrogens is 176 g/mol. The van der Waals surface area contributed by atoms with Crippen LogP contribution < -0.4 is 5.73 Å². The second-order valence-corrected chi connectivity index (χ2v) is 4.19. The molecule has 1 aliphatic rings. The Morgan fingerprint density at radius 2 is 2.29 bits per heavy atom. The molecule has 3 heteroatoms. The number of likely N-dealkylation sites (tertiary alicyclic amines) is 1. The molecule has 0 aromatic rings. The van der Waals surface area contributed by atoms with Gasteiger partial charge >= 0.3 is 0 Å². The Kier molecular flexibility index (Phi) is 4.94. The highest BCUT2D eigenvalue weighted by Crippen LogP contribution is 2.16. The molecule has 1 heterocycles. The highest BCUT2D eigenvalue weighted by molar-refractivity contribution is 5.76. The minimum Gasteiger partial charge on any atom is -0.342 e. The van der Waals surface area contributed by atoms with Gasteiger partial charge in [-0.3, -0.25) is 4.79 Å². The lowest BCUT2D eigenvalue weighted by molar-refractivity contribution is -0.130. The molecule has 0 spiro atoms. The molecular formula is C11H22N2O. The van der Waals surface area contributed by atoms with Crippen LogP contribution in [0.4, 0.5) is 0 Å². The summed E-state index contributed by atoms with van der Waals surface area (Å²) in [4.78, 5) is 13.6. The van der Waals surface area contributed by atoms with Gasteiger partial charge in [0.05, 0.1) is 0 Å². The first-order valence-electron chi connectivity index (χ1n) is 5.75. The number of amides is 1. The molecule has 1 aliphatic heterocycles. The lowest BCUT2D eigenvalue weighted by Gasteiger charge is -2.15. The Morgan fingerprint density at radius 1 is 1.50 bits per heavy atom. The van der Waals surface area contributed by atoms with E-state index in [4.69, 9.17) is 5.73 Å². The van der Waals surface area contributed by atoms with E-state index in [1.165, 1.54) is 12.8 Å². The number of nitrogens with two attached hydrogens (primary N) is 1. The average molecular weight is 198 g/mol. The zero-order chi connectivity index (χ0) is 10.4. The predicted molar refractivity (Wildman–Crippen MR) is 57.9 cm³/mol. The van der Waals surface area contributed by atoms with Crippen molar-refractivity contribution in [3.05, 3.63) is 0 Å². The molecule has 0 radical (unpaired) electrons. The van der Waals surface area contributed by atoms with Gasteiger partial charge in [0.2, 0.25) is 5.91 Å². The second-order valence-electron chi connectivity index (χ2n) is 4.19. The van der Waals surface area contributed by atoms with Crippen molar-refractivity contribution < 1.29 is 4.79 Å². The Labute approximate surface area is 86.6 Å². The van der Waals surface area contributed by atoms with Gasteiger partial charge in [0.15, 0.2) is 0 Å². The molecule has 1 saturated heterocycles. The number of hydrogen-bond donors (Lipinski definition) is 1. The van der Waals surface area contributed by atoms with E-state index in [1.54, 1.807) is 0 Å². The van der Waals surface area contributed by atoms with Gasteiger partial charge in [-0.05, 0) is 25.3 Å². The smallest absolute Gasteiger partial charge is 0.222 e. The Bertz CT molecular complexity index is 182. The van der Waals surface area contributed by atoms with Crippen LogP contribution in [-0.4, -0.2) is 30.4 Å². The van der Waals surface area contributed by atoms with Gasteiger partial charge in [-0.25, -0.2) is 0 Å². The Morgan fingerprint density at radius 3 is 2.86 bits per heavy atom. The summed E-state index contributed by atoms with van der Waals surface area (Å²) in [5, 5.41) is 0. The summed E-state index contributed by atoms with van der Waals surface area (Å²) in [5.41, 5.74) is 5.58. The van der Waals surface area contributed by atoms with E-state index in [0.717, 1.165) is 38.9 Å². The van der Waals surface area contributed by atoms with Crippen LogP contribution in [0.5, 0.6) is 0 Å². The molecule has 82 valence electrons. The SMILES string of the molecule is CCCCCC(=O)N1CC[C@H](CN)C1. The van der Waals surface area contributed by atoms with Crippen LogP contribution in [0.2, 0.25) is 0 Å². The highest BCUT2D eigenvalue weighted by Gasteiger charge is 2.24. The van der Waals surface area contributed by atoms with Crippen molar-refractivity contribution in [2.24, 2.45) is 11.7 Å². The van der Waals surface area contributed by atoms with Gasteiger partial charge in [0.25, 0.3) is 0 Å². The number of unbranched alkanes of at least 4 members (excludes halogenated alkanes) is 2. The van der Waals surface area contributed by atoms with Crippen molar-refractivity contribution in [2.75, 3.05) is 19.6 Å². The number of nitrogens with zero attached hydrogens (tertiary/aromatic N) is 1. The number of rotatable bonds is 5. The van der Waals surface area contributed by atoms with Crippen molar-refractivity contribution in [1.82, 2.24) is 4.90 Å². The largest absolute Gasteiger partial charge is 0.342 e. The van der Waals surface area contributed by atoms with Crippen molar-refractivity contribution in [1.29, 1.82) is 0 Å². The standard InChI is InChI=1S/C11H22N2O/c1-2-3-4-5-11(14)13-7-6-10(8-12)9-13/h10H,2-9,12H2,1H3/t10-/m1/s1. The lowest BCUT2D eigenvalue weighted by Crippen LogP contribution is -2.29. The summed E-state index contributed by atoms with van der Waals surface area (Å²) in [6.45, 7) is 4.69. The quantitative estimate of drug-likeness (QED) is 0.678. The van der Waals surface area contributed by atoms with E-state index < -0.39 is 0 Å². The predicted octanol–water partition coefficient (Wildman–Crippen LogP) is 1.37. The van der Waals surface area contributed by atoms with Crippen LogP contribution in [0.3, 0.4) is 0 Å². The fraction of sp³-hybridized carbons (Fsp3) is 0.909. The molecule has 0 unspecified atom stereocenters. The zero-order valence-corrected chi connectivity index (χ0v) is 9.17. The number of hydrogen-bond acceptors (Lipinski definition) is 2. The third-order valence-corrected chi connectivity index (χ3v) is 2.97. The third-order valence-electron chi connectivity index (χ3n) is 2.97. The molecule has 1 amide bonds. The van der Waals surface area contributed by atoms with Crippen LogP contribution in [0, 0.1) is 5.92 Å². The summed E-state index contributed by atoms with van der Waals surface area (Å²) < 4.78 is 0. The first kappa shape index (κ1) is 11.5. The molecule has 0 aromatic carbocycles. The monoisotopic (exact) mass is 198 g/mol. The van der Waals surface area contributed by atoms with Gasteiger partial charge in [-0.15, -0.1) is 0 Å². The van der Waals surface area contributed by atoms with Crippen molar-refractivity contribution in [2.45, 2.75) is 39.0 Å². The van der Waals surface area contributed by atoms with Crippen LogP contribution >= 0.6 is 0 Å². The summed E-state index contributed by atoms with van der Waals surface area (Å²) >= 11 is 0. The molecule has 1 atom stereocenters. The minimum absolute atomic E-state index is 0.328. The molecule has 0 aromatic heterocycles. The molecule has 0 saturated carbocycles. The fourth-order valence-electron chi connectivity index (χ4n) is 1.94. The molecule has 1 rings (SSSR count). The maximum Gasteiger partial charge on any atom is 0.222 e. The zero-order valence-electron chi connectivity index (χ0n) is 9.17. The van der Waals surface area contributed by atoms with E-state index in [0.29, 0.717) is 11.8 Å². The lowest BCUT2D eigenvalue weighted by atomic mass is 10.1.